The van der Waals surface area contributed by atoms with E-state index in [0.29, 0.717) is 25.7 Å². The summed E-state index contributed by atoms with van der Waals surface area (Å²) in [6, 6.07) is 0.540. The number of nitrogens with zero attached hydrogens (tertiary/aromatic N) is 1. The molecule has 1 unspecified atom stereocenters. The van der Waals surface area contributed by atoms with Crippen molar-refractivity contribution >= 4 is 6.09 Å². The van der Waals surface area contributed by atoms with Gasteiger partial charge < -0.3 is 25.0 Å². The zero-order valence-electron chi connectivity index (χ0n) is 14.6. The Kier molecular flexibility index (Phi) is 8.75. The van der Waals surface area contributed by atoms with Gasteiger partial charge in [0.1, 0.15) is 5.60 Å². The summed E-state index contributed by atoms with van der Waals surface area (Å²) < 4.78 is 10.5. The highest BCUT2D eigenvalue weighted by Gasteiger charge is 2.22. The Bertz CT molecular complexity index is 310. The van der Waals surface area contributed by atoms with E-state index in [4.69, 9.17) is 9.47 Å². The molecular weight excluding hydrogens is 282 g/mol. The van der Waals surface area contributed by atoms with Crippen LogP contribution in [0.15, 0.2) is 0 Å². The molecule has 0 saturated carbocycles. The van der Waals surface area contributed by atoms with Crippen molar-refractivity contribution in [1.82, 2.24) is 15.5 Å². The van der Waals surface area contributed by atoms with E-state index < -0.39 is 5.60 Å². The molecule has 0 aromatic heterocycles. The number of hydrogen-bond acceptors (Lipinski definition) is 5. The number of amides is 1. The molecule has 2 N–H and O–H groups in total. The van der Waals surface area contributed by atoms with Gasteiger partial charge in [0.15, 0.2) is 0 Å². The van der Waals surface area contributed by atoms with Gasteiger partial charge in [-0.3, -0.25) is 0 Å². The first-order valence-electron chi connectivity index (χ1n) is 8.33. The van der Waals surface area contributed by atoms with Crippen LogP contribution in [0, 0.1) is 0 Å². The maximum atomic E-state index is 12.2. The zero-order chi connectivity index (χ0) is 16.4. The summed E-state index contributed by atoms with van der Waals surface area (Å²) in [5, 5.41) is 6.96. The summed E-state index contributed by atoms with van der Waals surface area (Å²) in [5.74, 6) is 0. The molecule has 1 atom stereocenters. The molecule has 0 aromatic carbocycles. The zero-order valence-corrected chi connectivity index (χ0v) is 14.6. The number of nitrogens with one attached hydrogen (secondary N) is 2. The second-order valence-electron chi connectivity index (χ2n) is 6.79. The second-order valence-corrected chi connectivity index (χ2v) is 6.79. The summed E-state index contributed by atoms with van der Waals surface area (Å²) in [6.07, 6.45) is 3.27. The average Bonchev–Trinajstić information content (AvgIpc) is 2.69. The fourth-order valence-electron chi connectivity index (χ4n) is 2.45. The standard InChI is InChI=1S/C16H33N3O3/c1-16(2,3)22-15(20)19(12-13-21-4)11-10-18-14-6-5-8-17-9-7-14/h14,17-18H,5-13H2,1-4H3. The molecule has 130 valence electrons. The van der Waals surface area contributed by atoms with Crippen LogP contribution in [0.25, 0.3) is 0 Å². The maximum absolute atomic E-state index is 12.2. The molecule has 0 aromatic rings. The second kappa shape index (κ2) is 10.0. The van der Waals surface area contributed by atoms with Crippen LogP contribution in [0.5, 0.6) is 0 Å². The van der Waals surface area contributed by atoms with Gasteiger partial charge in [0.2, 0.25) is 0 Å². The summed E-state index contributed by atoms with van der Waals surface area (Å²) in [7, 11) is 1.64. The normalized spacial score (nSPS) is 19.5. The molecule has 1 fully saturated rings. The minimum atomic E-state index is -0.469. The fraction of sp³-hybridized carbons (Fsp3) is 0.938. The SMILES string of the molecule is COCCN(CCNC1CCCNCC1)C(=O)OC(C)(C)C. The van der Waals surface area contributed by atoms with E-state index >= 15 is 0 Å². The van der Waals surface area contributed by atoms with Gasteiger partial charge in [-0.2, -0.15) is 0 Å². The van der Waals surface area contributed by atoms with Gasteiger partial charge in [-0.15, -0.1) is 0 Å². The van der Waals surface area contributed by atoms with Gasteiger partial charge in [0.25, 0.3) is 0 Å². The quantitative estimate of drug-likeness (QED) is 0.747. The van der Waals surface area contributed by atoms with Crippen LogP contribution < -0.4 is 10.6 Å². The van der Waals surface area contributed by atoms with Crippen LogP contribution in [0.1, 0.15) is 40.0 Å². The van der Waals surface area contributed by atoms with E-state index in [1.807, 2.05) is 20.8 Å². The topological polar surface area (TPSA) is 62.8 Å². The number of hydrogen-bond donors (Lipinski definition) is 2. The fourth-order valence-corrected chi connectivity index (χ4v) is 2.45. The third-order valence-corrected chi connectivity index (χ3v) is 3.61. The van der Waals surface area contributed by atoms with E-state index in [1.165, 1.54) is 12.8 Å². The van der Waals surface area contributed by atoms with Crippen molar-refractivity contribution in [3.63, 3.8) is 0 Å². The monoisotopic (exact) mass is 315 g/mol. The summed E-state index contributed by atoms with van der Waals surface area (Å²) >= 11 is 0. The van der Waals surface area contributed by atoms with Gasteiger partial charge >= 0.3 is 6.09 Å². The van der Waals surface area contributed by atoms with Crippen molar-refractivity contribution < 1.29 is 14.3 Å². The van der Waals surface area contributed by atoms with Crippen LogP contribution >= 0.6 is 0 Å². The lowest BCUT2D eigenvalue weighted by molar-refractivity contribution is 0.0202. The molecule has 6 heteroatoms. The Balaban J connectivity index is 2.37. The lowest BCUT2D eigenvalue weighted by atomic mass is 10.1. The largest absolute Gasteiger partial charge is 0.444 e. The lowest BCUT2D eigenvalue weighted by Gasteiger charge is -2.28. The number of ether oxygens (including phenoxy) is 2. The molecule has 1 saturated heterocycles. The summed E-state index contributed by atoms with van der Waals surface area (Å²) in [4.78, 5) is 13.9. The molecule has 1 rings (SSSR count). The van der Waals surface area contributed by atoms with Gasteiger partial charge in [-0.05, 0) is 53.1 Å². The van der Waals surface area contributed by atoms with Crippen LogP contribution in [0.4, 0.5) is 4.79 Å². The Labute approximate surface area is 134 Å². The minimum Gasteiger partial charge on any atom is -0.444 e. The molecule has 1 heterocycles. The van der Waals surface area contributed by atoms with E-state index in [1.54, 1.807) is 12.0 Å². The van der Waals surface area contributed by atoms with Gasteiger partial charge in [0, 0.05) is 32.8 Å². The molecule has 22 heavy (non-hydrogen) atoms. The van der Waals surface area contributed by atoms with E-state index in [9.17, 15) is 4.79 Å². The molecule has 0 radical (unpaired) electrons. The Morgan fingerprint density at radius 2 is 2.05 bits per heavy atom. The molecule has 0 bridgehead atoms. The summed E-state index contributed by atoms with van der Waals surface area (Å²) in [6.45, 7) is 10.3. The molecule has 1 aliphatic rings. The highest BCUT2D eigenvalue weighted by atomic mass is 16.6. The molecular formula is C16H33N3O3. The van der Waals surface area contributed by atoms with Crippen LogP contribution in [-0.2, 0) is 9.47 Å². The molecule has 1 aliphatic heterocycles. The first-order valence-corrected chi connectivity index (χ1v) is 8.33. The highest BCUT2D eigenvalue weighted by Crippen LogP contribution is 2.10. The van der Waals surface area contributed by atoms with Crippen molar-refractivity contribution in [3.05, 3.63) is 0 Å². The number of methoxy groups -OCH3 is 1. The van der Waals surface area contributed by atoms with Crippen LogP contribution in [0.3, 0.4) is 0 Å². The summed E-state index contributed by atoms with van der Waals surface area (Å²) in [5.41, 5.74) is -0.469. The van der Waals surface area contributed by atoms with Gasteiger partial charge in [-0.25, -0.2) is 4.79 Å². The van der Waals surface area contributed by atoms with E-state index in [0.717, 1.165) is 26.1 Å². The Morgan fingerprint density at radius 3 is 2.73 bits per heavy atom. The van der Waals surface area contributed by atoms with Gasteiger partial charge in [-0.1, -0.05) is 0 Å². The van der Waals surface area contributed by atoms with Crippen LogP contribution in [-0.4, -0.2) is 69.1 Å². The average molecular weight is 315 g/mol. The third kappa shape index (κ3) is 8.56. The van der Waals surface area contributed by atoms with Crippen molar-refractivity contribution in [3.8, 4) is 0 Å². The number of rotatable bonds is 7. The molecule has 1 amide bonds. The number of carbonyl (C=O) groups excluding carboxylic acids is 1. The number of carbonyl (C=O) groups is 1. The Morgan fingerprint density at radius 1 is 1.27 bits per heavy atom. The predicted molar refractivity (Wildman–Crippen MR) is 88.2 cm³/mol. The molecule has 0 spiro atoms. The van der Waals surface area contributed by atoms with Crippen molar-refractivity contribution in [2.75, 3.05) is 46.4 Å². The van der Waals surface area contributed by atoms with Crippen molar-refractivity contribution in [2.24, 2.45) is 0 Å². The Hall–Kier alpha value is -0.850. The first kappa shape index (κ1) is 19.2. The first-order chi connectivity index (χ1) is 10.4. The molecule has 6 nitrogen and oxygen atoms in total. The maximum Gasteiger partial charge on any atom is 0.410 e. The van der Waals surface area contributed by atoms with E-state index in [2.05, 4.69) is 10.6 Å². The minimum absolute atomic E-state index is 0.270. The van der Waals surface area contributed by atoms with Gasteiger partial charge in [0.05, 0.1) is 6.61 Å². The van der Waals surface area contributed by atoms with Crippen molar-refractivity contribution in [2.45, 2.75) is 51.7 Å². The predicted octanol–water partition coefficient (Wildman–Crippen LogP) is 1.60. The van der Waals surface area contributed by atoms with Crippen LogP contribution in [0.2, 0.25) is 0 Å². The van der Waals surface area contributed by atoms with Crippen molar-refractivity contribution in [1.29, 1.82) is 0 Å². The smallest absolute Gasteiger partial charge is 0.410 e. The highest BCUT2D eigenvalue weighted by molar-refractivity contribution is 5.68. The van der Waals surface area contributed by atoms with E-state index in [-0.39, 0.29) is 6.09 Å². The lowest BCUT2D eigenvalue weighted by Crippen LogP contribution is -2.43. The molecule has 0 aliphatic carbocycles. The third-order valence-electron chi connectivity index (χ3n) is 3.61.